The van der Waals surface area contributed by atoms with Crippen molar-refractivity contribution in [3.05, 3.63) is 40.5 Å². The molecule has 2 heterocycles. The summed E-state index contributed by atoms with van der Waals surface area (Å²) in [6.45, 7) is 14.7. The fraction of sp³-hybridized carbons (Fsp3) is 0.222. The van der Waals surface area contributed by atoms with Crippen molar-refractivity contribution in [2.45, 2.75) is 25.2 Å². The van der Waals surface area contributed by atoms with Crippen LogP contribution >= 0.6 is 0 Å². The van der Waals surface area contributed by atoms with Gasteiger partial charge in [0, 0.05) is 23.9 Å². The maximum atomic E-state index is 12.0. The van der Waals surface area contributed by atoms with E-state index in [1.54, 1.807) is 19.1 Å². The van der Waals surface area contributed by atoms with Crippen LogP contribution in [0.15, 0.2) is 23.1 Å². The maximum absolute atomic E-state index is 12.0. The minimum absolute atomic E-state index is 0.0899. The van der Waals surface area contributed by atoms with Gasteiger partial charge in [-0.15, -0.1) is 5.10 Å². The predicted octanol–water partition coefficient (Wildman–Crippen LogP) is 2.14. The van der Waals surface area contributed by atoms with Crippen molar-refractivity contribution >= 4 is 39.3 Å². The number of aryl methyl sites for hydroxylation is 1. The number of hydrogen-bond donors (Lipinski definition) is 1. The predicted molar refractivity (Wildman–Crippen MR) is 102 cm³/mol. The van der Waals surface area contributed by atoms with Gasteiger partial charge in [-0.1, -0.05) is 25.6 Å². The number of fused-ring (bicyclic) bond motifs is 1. The van der Waals surface area contributed by atoms with Crippen LogP contribution in [-0.2, 0) is 14.6 Å². The quantitative estimate of drug-likeness (QED) is 0.696. The van der Waals surface area contributed by atoms with Crippen LogP contribution in [0.5, 0.6) is 0 Å². The third-order valence-corrected chi connectivity index (χ3v) is 5.30. The van der Waals surface area contributed by atoms with Gasteiger partial charge < -0.3 is 5.32 Å². The fourth-order valence-electron chi connectivity index (χ4n) is 2.73. The van der Waals surface area contributed by atoms with Crippen LogP contribution in [-0.4, -0.2) is 35.2 Å². The molecule has 138 valence electrons. The molecule has 0 bridgehead atoms. The number of carbonyl (C=O) groups is 1. The van der Waals surface area contributed by atoms with E-state index in [1.807, 2.05) is 13.0 Å². The summed E-state index contributed by atoms with van der Waals surface area (Å²) >= 11 is 0. The Kier molecular flexibility index (Phi) is 4.45. The molecule has 0 radical (unpaired) electrons. The molecular formula is C18H17N5O3S. The Morgan fingerprint density at radius 3 is 2.70 bits per heavy atom. The number of anilines is 1. The van der Waals surface area contributed by atoms with Crippen LogP contribution in [0.4, 0.5) is 11.4 Å². The van der Waals surface area contributed by atoms with E-state index in [4.69, 9.17) is 6.57 Å². The second-order valence-corrected chi connectivity index (χ2v) is 8.06. The van der Waals surface area contributed by atoms with Crippen molar-refractivity contribution in [3.63, 3.8) is 0 Å². The van der Waals surface area contributed by atoms with Crippen molar-refractivity contribution in [2.75, 3.05) is 11.6 Å². The first kappa shape index (κ1) is 18.5. The average Bonchev–Trinajstić information content (AvgIpc) is 3.14. The van der Waals surface area contributed by atoms with Crippen molar-refractivity contribution in [1.29, 1.82) is 0 Å². The van der Waals surface area contributed by atoms with Gasteiger partial charge in [-0.2, -0.15) is 0 Å². The molecule has 1 aromatic carbocycles. The smallest absolute Gasteiger partial charge is 0.251 e. The fourth-order valence-corrected chi connectivity index (χ4v) is 3.74. The molecule has 27 heavy (non-hydrogen) atoms. The van der Waals surface area contributed by atoms with Crippen molar-refractivity contribution in [3.8, 4) is 11.4 Å². The third kappa shape index (κ3) is 3.15. The lowest BCUT2D eigenvalue weighted by Gasteiger charge is -2.08. The summed E-state index contributed by atoms with van der Waals surface area (Å²) in [5.74, 6) is 0.201. The number of benzene rings is 1. The molecule has 0 unspecified atom stereocenters. The highest BCUT2D eigenvalue weighted by Gasteiger charge is 2.25. The summed E-state index contributed by atoms with van der Waals surface area (Å²) in [5, 5.41) is 7.24. The molecule has 0 aliphatic rings. The van der Waals surface area contributed by atoms with Crippen molar-refractivity contribution in [1.82, 2.24) is 14.6 Å². The Bertz CT molecular complexity index is 1270. The monoisotopic (exact) mass is 383 g/mol. The Balaban J connectivity index is 2.18. The average molecular weight is 383 g/mol. The van der Waals surface area contributed by atoms with E-state index in [0.29, 0.717) is 23.5 Å². The largest absolute Gasteiger partial charge is 0.326 e. The molecule has 1 amide bonds. The van der Waals surface area contributed by atoms with Gasteiger partial charge in [0.05, 0.1) is 11.9 Å². The maximum Gasteiger partial charge on any atom is 0.251 e. The Hall–Kier alpha value is -3.25. The Morgan fingerprint density at radius 1 is 1.41 bits per heavy atom. The molecule has 0 spiro atoms. The van der Waals surface area contributed by atoms with Gasteiger partial charge in [0.2, 0.25) is 5.91 Å². The number of amides is 1. The highest BCUT2D eigenvalue weighted by molar-refractivity contribution is 7.90. The first-order chi connectivity index (χ1) is 12.7. The number of carbonyl (C=O) groups excluding carboxylic acids is 1. The summed E-state index contributed by atoms with van der Waals surface area (Å²) < 4.78 is 25.2. The van der Waals surface area contributed by atoms with Gasteiger partial charge in [0.15, 0.2) is 21.3 Å². The molecule has 3 aromatic rings. The SMILES string of the molecule is [C-]#[N+]c1c(S(C)(=O)=O)c(=C)n2nc(-c3ccc(C)c(NC(=O)CC)c3)nc12. The summed E-state index contributed by atoms with van der Waals surface area (Å²) in [4.78, 5) is 19.2. The normalized spacial score (nSPS) is 11.5. The molecule has 9 heteroatoms. The lowest BCUT2D eigenvalue weighted by Crippen LogP contribution is -2.15. The standard InChI is InChI=1S/C18H17N5O3S/c1-6-14(24)20-13-9-12(8-7-10(13)2)17-21-18-15(19-4)16(27(5,25)26)11(3)23(18)22-17/h7-9H,3,6H2,1-2,5H3,(H,20,24). The van der Waals surface area contributed by atoms with Crippen molar-refractivity contribution < 1.29 is 13.2 Å². The summed E-state index contributed by atoms with van der Waals surface area (Å²) in [7, 11) is -3.64. The molecule has 0 saturated heterocycles. The lowest BCUT2D eigenvalue weighted by molar-refractivity contribution is -0.115. The zero-order valence-electron chi connectivity index (χ0n) is 15.1. The molecule has 2 aromatic heterocycles. The van der Waals surface area contributed by atoms with Crippen LogP contribution < -0.4 is 10.7 Å². The molecule has 0 fully saturated rings. The summed E-state index contributed by atoms with van der Waals surface area (Å²) in [5.41, 5.74) is 2.22. The lowest BCUT2D eigenvalue weighted by atomic mass is 10.1. The van der Waals surface area contributed by atoms with E-state index >= 15 is 0 Å². The second kappa shape index (κ2) is 6.48. The Labute approximate surface area is 156 Å². The molecule has 8 nitrogen and oxygen atoms in total. The number of nitrogens with one attached hydrogen (secondary N) is 1. The topological polar surface area (TPSA) is 97.8 Å². The van der Waals surface area contributed by atoms with Gasteiger partial charge in [0.25, 0.3) is 5.69 Å². The summed E-state index contributed by atoms with van der Waals surface area (Å²) in [6, 6.07) is 5.37. The molecule has 0 saturated carbocycles. The van der Waals surface area contributed by atoms with Gasteiger partial charge >= 0.3 is 0 Å². The zero-order valence-corrected chi connectivity index (χ0v) is 15.9. The van der Waals surface area contributed by atoms with E-state index < -0.39 is 9.84 Å². The Morgan fingerprint density at radius 2 is 2.11 bits per heavy atom. The van der Waals surface area contributed by atoms with Crippen LogP contribution in [0.25, 0.3) is 28.5 Å². The number of sulfone groups is 1. The van der Waals surface area contributed by atoms with Crippen LogP contribution in [0.3, 0.4) is 0 Å². The van der Waals surface area contributed by atoms with Gasteiger partial charge in [-0.05, 0) is 18.6 Å². The number of rotatable bonds is 4. The number of aromatic nitrogens is 3. The molecule has 0 atom stereocenters. The van der Waals surface area contributed by atoms with E-state index in [2.05, 4.69) is 26.8 Å². The van der Waals surface area contributed by atoms with Gasteiger partial charge in [-0.25, -0.2) is 22.8 Å². The molecule has 0 aliphatic heterocycles. The van der Waals surface area contributed by atoms with E-state index in [-0.39, 0.29) is 27.5 Å². The minimum atomic E-state index is -3.64. The van der Waals surface area contributed by atoms with Gasteiger partial charge in [0.1, 0.15) is 4.90 Å². The number of hydrogen-bond acceptors (Lipinski definition) is 5. The van der Waals surface area contributed by atoms with Crippen LogP contribution in [0.2, 0.25) is 0 Å². The highest BCUT2D eigenvalue weighted by Crippen LogP contribution is 2.30. The summed E-state index contributed by atoms with van der Waals surface area (Å²) in [6.07, 6.45) is 1.38. The molecule has 0 aliphatic carbocycles. The van der Waals surface area contributed by atoms with E-state index in [0.717, 1.165) is 11.8 Å². The molecule has 1 N–H and O–H groups in total. The second-order valence-electron chi connectivity index (χ2n) is 6.11. The molecule has 3 rings (SSSR count). The van der Waals surface area contributed by atoms with Crippen LogP contribution in [0.1, 0.15) is 18.9 Å². The van der Waals surface area contributed by atoms with Gasteiger partial charge in [-0.3, -0.25) is 4.79 Å². The minimum Gasteiger partial charge on any atom is -0.326 e. The highest BCUT2D eigenvalue weighted by atomic mass is 32.2. The van der Waals surface area contributed by atoms with Crippen molar-refractivity contribution in [2.24, 2.45) is 0 Å². The first-order valence-electron chi connectivity index (χ1n) is 8.07. The van der Waals surface area contributed by atoms with E-state index in [9.17, 15) is 13.2 Å². The number of nitrogens with zero attached hydrogens (tertiary/aromatic N) is 4. The first-order valence-corrected chi connectivity index (χ1v) is 9.96. The van der Waals surface area contributed by atoms with E-state index in [1.165, 1.54) is 4.52 Å². The third-order valence-electron chi connectivity index (χ3n) is 4.13. The molecular weight excluding hydrogens is 366 g/mol. The zero-order chi connectivity index (χ0) is 19.9. The van der Waals surface area contributed by atoms with Crippen LogP contribution in [0, 0.1) is 13.5 Å².